The zero-order valence-electron chi connectivity index (χ0n) is 15.2. The number of carbonyl (C=O) groups is 1. The second-order valence-corrected chi connectivity index (χ2v) is 7.74. The summed E-state index contributed by atoms with van der Waals surface area (Å²) in [5, 5.41) is 8.33. The first-order valence-corrected chi connectivity index (χ1v) is 10.0. The minimum absolute atomic E-state index is 0.0664. The third-order valence-corrected chi connectivity index (χ3v) is 5.13. The fourth-order valence-electron chi connectivity index (χ4n) is 2.60. The van der Waals surface area contributed by atoms with Crippen LogP contribution in [0.1, 0.15) is 19.4 Å². The van der Waals surface area contributed by atoms with Gasteiger partial charge in [0.25, 0.3) is 0 Å². The van der Waals surface area contributed by atoms with E-state index in [1.54, 1.807) is 12.1 Å². The lowest BCUT2D eigenvalue weighted by Gasteiger charge is -2.26. The Morgan fingerprint density at radius 3 is 2.52 bits per heavy atom. The summed E-state index contributed by atoms with van der Waals surface area (Å²) in [7, 11) is 0. The largest absolute Gasteiger partial charge is 0.335 e. The van der Waals surface area contributed by atoms with Crippen LogP contribution in [0.2, 0.25) is 5.02 Å². The van der Waals surface area contributed by atoms with Crippen molar-refractivity contribution < 1.29 is 4.79 Å². The number of hydrogen-bond acceptors (Lipinski definition) is 4. The van der Waals surface area contributed by atoms with Crippen LogP contribution in [0.4, 0.5) is 0 Å². The molecule has 0 fully saturated rings. The Balaban J connectivity index is 1.61. The summed E-state index contributed by atoms with van der Waals surface area (Å²) < 4.78 is 0. The standard InChI is InChI=1S/C20H21ClN4OS/c1-14(2)25(12-15-6-4-3-5-7-15)18(26)13-27-20-22-19(23-24-20)16-8-10-17(21)11-9-16/h3-11,14H,12-13H2,1-2H3,(H,22,23,24). The second kappa shape index (κ2) is 9.06. The minimum Gasteiger partial charge on any atom is -0.335 e. The third-order valence-electron chi connectivity index (χ3n) is 4.05. The van der Waals surface area contributed by atoms with E-state index in [1.807, 2.05) is 61.2 Å². The molecule has 7 heteroatoms. The normalized spacial score (nSPS) is 11.0. The van der Waals surface area contributed by atoms with Crippen LogP contribution >= 0.6 is 23.4 Å². The Hall–Kier alpha value is -2.31. The van der Waals surface area contributed by atoms with E-state index < -0.39 is 0 Å². The molecule has 3 rings (SSSR count). The van der Waals surface area contributed by atoms with Gasteiger partial charge in [0, 0.05) is 23.2 Å². The first-order chi connectivity index (χ1) is 13.0. The lowest BCUT2D eigenvalue weighted by molar-refractivity contribution is -0.130. The van der Waals surface area contributed by atoms with Crippen molar-refractivity contribution in [2.45, 2.75) is 31.6 Å². The Kier molecular flexibility index (Phi) is 6.53. The van der Waals surface area contributed by atoms with Gasteiger partial charge in [0.1, 0.15) is 0 Å². The number of thioether (sulfide) groups is 1. The number of aromatic amines is 1. The molecule has 0 unspecified atom stereocenters. The van der Waals surface area contributed by atoms with Crippen molar-refractivity contribution in [3.05, 3.63) is 65.2 Å². The summed E-state index contributed by atoms with van der Waals surface area (Å²) in [5.41, 5.74) is 2.02. The van der Waals surface area contributed by atoms with Crippen molar-refractivity contribution in [2.24, 2.45) is 0 Å². The average Bonchev–Trinajstić information content (AvgIpc) is 3.14. The van der Waals surface area contributed by atoms with E-state index in [0.717, 1.165) is 11.1 Å². The highest BCUT2D eigenvalue weighted by atomic mass is 35.5. The van der Waals surface area contributed by atoms with Gasteiger partial charge in [0.2, 0.25) is 11.1 Å². The molecule has 1 N–H and O–H groups in total. The number of amides is 1. The number of hydrogen-bond donors (Lipinski definition) is 1. The second-order valence-electron chi connectivity index (χ2n) is 6.36. The molecule has 1 aromatic heterocycles. The van der Waals surface area contributed by atoms with Crippen molar-refractivity contribution >= 4 is 29.3 Å². The monoisotopic (exact) mass is 400 g/mol. The molecule has 0 atom stereocenters. The van der Waals surface area contributed by atoms with Gasteiger partial charge < -0.3 is 4.90 Å². The fraction of sp³-hybridized carbons (Fsp3) is 0.250. The third kappa shape index (κ3) is 5.34. The molecule has 0 spiro atoms. The lowest BCUT2D eigenvalue weighted by Crippen LogP contribution is -2.37. The molecule has 5 nitrogen and oxygen atoms in total. The van der Waals surface area contributed by atoms with Crippen LogP contribution in [0.3, 0.4) is 0 Å². The molecular weight excluding hydrogens is 380 g/mol. The fourth-order valence-corrected chi connectivity index (χ4v) is 3.41. The van der Waals surface area contributed by atoms with Crippen molar-refractivity contribution in [3.8, 4) is 11.4 Å². The zero-order chi connectivity index (χ0) is 19.2. The predicted octanol–water partition coefficient (Wildman–Crippen LogP) is 4.65. The number of rotatable bonds is 7. The van der Waals surface area contributed by atoms with Gasteiger partial charge >= 0.3 is 0 Å². The van der Waals surface area contributed by atoms with Gasteiger partial charge in [-0.05, 0) is 43.7 Å². The minimum atomic E-state index is 0.0664. The Morgan fingerprint density at radius 1 is 1.15 bits per heavy atom. The Bertz CT molecular complexity index is 881. The van der Waals surface area contributed by atoms with Crippen LogP contribution in [0.25, 0.3) is 11.4 Å². The smallest absolute Gasteiger partial charge is 0.233 e. The number of nitrogens with zero attached hydrogens (tertiary/aromatic N) is 3. The molecule has 0 aliphatic heterocycles. The molecular formula is C20H21ClN4OS. The summed E-state index contributed by atoms with van der Waals surface area (Å²) >= 11 is 7.24. The Labute approximate surface area is 168 Å². The molecule has 3 aromatic rings. The van der Waals surface area contributed by atoms with Gasteiger partial charge in [-0.3, -0.25) is 9.89 Å². The van der Waals surface area contributed by atoms with E-state index in [2.05, 4.69) is 15.2 Å². The van der Waals surface area contributed by atoms with Gasteiger partial charge in [0.05, 0.1) is 5.75 Å². The molecule has 0 saturated heterocycles. The molecule has 0 aliphatic rings. The van der Waals surface area contributed by atoms with Crippen molar-refractivity contribution in [1.82, 2.24) is 20.1 Å². The molecule has 1 heterocycles. The number of H-pyrrole nitrogens is 1. The van der Waals surface area contributed by atoms with Gasteiger partial charge in [-0.2, -0.15) is 0 Å². The number of carbonyl (C=O) groups excluding carboxylic acids is 1. The summed E-state index contributed by atoms with van der Waals surface area (Å²) in [5.74, 6) is 1.02. The van der Waals surface area contributed by atoms with Crippen LogP contribution in [-0.2, 0) is 11.3 Å². The average molecular weight is 401 g/mol. The highest BCUT2D eigenvalue weighted by molar-refractivity contribution is 7.99. The quantitative estimate of drug-likeness (QED) is 0.586. The summed E-state index contributed by atoms with van der Waals surface area (Å²) in [6.07, 6.45) is 0. The number of aromatic nitrogens is 3. The van der Waals surface area contributed by atoms with Gasteiger partial charge in [-0.1, -0.05) is 53.7 Å². The van der Waals surface area contributed by atoms with E-state index in [4.69, 9.17) is 11.6 Å². The molecule has 27 heavy (non-hydrogen) atoms. The van der Waals surface area contributed by atoms with Gasteiger partial charge in [0.15, 0.2) is 5.82 Å². The van der Waals surface area contributed by atoms with Gasteiger partial charge in [-0.25, -0.2) is 4.98 Å². The molecule has 0 saturated carbocycles. The van der Waals surface area contributed by atoms with Crippen LogP contribution in [0.15, 0.2) is 59.8 Å². The van der Waals surface area contributed by atoms with E-state index in [9.17, 15) is 4.79 Å². The number of benzene rings is 2. The highest BCUT2D eigenvalue weighted by Crippen LogP contribution is 2.21. The van der Waals surface area contributed by atoms with Crippen molar-refractivity contribution in [1.29, 1.82) is 0 Å². The van der Waals surface area contributed by atoms with Crippen LogP contribution in [-0.4, -0.2) is 37.8 Å². The molecule has 140 valence electrons. The van der Waals surface area contributed by atoms with Gasteiger partial charge in [-0.15, -0.1) is 5.10 Å². The maximum Gasteiger partial charge on any atom is 0.233 e. The number of halogens is 1. The van der Waals surface area contributed by atoms with E-state index >= 15 is 0 Å². The molecule has 2 aromatic carbocycles. The molecule has 1 amide bonds. The van der Waals surface area contributed by atoms with Crippen LogP contribution in [0, 0.1) is 0 Å². The van der Waals surface area contributed by atoms with Crippen LogP contribution < -0.4 is 0 Å². The van der Waals surface area contributed by atoms with E-state index in [1.165, 1.54) is 11.8 Å². The summed E-state index contributed by atoms with van der Waals surface area (Å²) in [6, 6.07) is 17.5. The maximum atomic E-state index is 12.7. The number of nitrogens with one attached hydrogen (secondary N) is 1. The van der Waals surface area contributed by atoms with Crippen LogP contribution in [0.5, 0.6) is 0 Å². The van der Waals surface area contributed by atoms with Crippen molar-refractivity contribution in [2.75, 3.05) is 5.75 Å². The first-order valence-electron chi connectivity index (χ1n) is 8.67. The topological polar surface area (TPSA) is 61.9 Å². The summed E-state index contributed by atoms with van der Waals surface area (Å²) in [6.45, 7) is 4.65. The lowest BCUT2D eigenvalue weighted by atomic mass is 10.2. The van der Waals surface area contributed by atoms with E-state index in [0.29, 0.717) is 28.3 Å². The molecule has 0 bridgehead atoms. The zero-order valence-corrected chi connectivity index (χ0v) is 16.8. The SMILES string of the molecule is CC(C)N(Cc1ccccc1)C(=O)CSc1n[nH]c(-c2ccc(Cl)cc2)n1. The maximum absolute atomic E-state index is 12.7. The predicted molar refractivity (Wildman–Crippen MR) is 110 cm³/mol. The van der Waals surface area contributed by atoms with E-state index in [-0.39, 0.29) is 11.9 Å². The van der Waals surface area contributed by atoms with Crippen molar-refractivity contribution in [3.63, 3.8) is 0 Å². The Morgan fingerprint density at radius 2 is 1.85 bits per heavy atom. The first kappa shape index (κ1) is 19.5. The summed E-state index contributed by atoms with van der Waals surface area (Å²) in [4.78, 5) is 19.0. The molecule has 0 radical (unpaired) electrons. The highest BCUT2D eigenvalue weighted by Gasteiger charge is 2.18. The molecule has 0 aliphatic carbocycles.